The summed E-state index contributed by atoms with van der Waals surface area (Å²) in [6, 6.07) is 13.6. The molecule has 3 aromatic rings. The number of pyridine rings is 1. The zero-order chi connectivity index (χ0) is 14.7. The van der Waals surface area contributed by atoms with Crippen molar-refractivity contribution in [1.29, 1.82) is 0 Å². The molecule has 1 nitrogen and oxygen atoms in total. The Balaban J connectivity index is 1.90. The Morgan fingerprint density at radius 3 is 2.73 bits per heavy atom. The maximum Gasteiger partial charge on any atom is 0.123 e. The summed E-state index contributed by atoms with van der Waals surface area (Å²) < 4.78 is 13.6. The second kappa shape index (κ2) is 4.39. The van der Waals surface area contributed by atoms with Gasteiger partial charge in [0.15, 0.2) is 0 Å². The minimum atomic E-state index is -0.136. The molecule has 0 unspecified atom stereocenters. The van der Waals surface area contributed by atoms with E-state index in [0.717, 1.165) is 23.9 Å². The molecule has 2 heteroatoms. The molecule has 0 aliphatic heterocycles. The van der Waals surface area contributed by atoms with Gasteiger partial charge in [0.2, 0.25) is 0 Å². The molecule has 0 amide bonds. The van der Waals surface area contributed by atoms with Crippen LogP contribution in [0.4, 0.5) is 4.39 Å². The van der Waals surface area contributed by atoms with Gasteiger partial charge in [0, 0.05) is 17.0 Å². The van der Waals surface area contributed by atoms with E-state index in [1.165, 1.54) is 40.6 Å². The van der Waals surface area contributed by atoms with Crippen LogP contribution >= 0.6 is 0 Å². The normalized spacial score (nSPS) is 16.4. The van der Waals surface area contributed by atoms with E-state index in [4.69, 9.17) is 4.98 Å². The molecule has 1 fully saturated rings. The number of fused-ring (bicyclic) bond motifs is 5. The molecule has 2 aliphatic rings. The van der Waals surface area contributed by atoms with Gasteiger partial charge in [-0.15, -0.1) is 0 Å². The van der Waals surface area contributed by atoms with Crippen LogP contribution in [-0.2, 0) is 12.8 Å². The Bertz CT molecular complexity index is 909. The third-order valence-electron chi connectivity index (χ3n) is 4.97. The highest BCUT2D eigenvalue weighted by atomic mass is 19.1. The van der Waals surface area contributed by atoms with Crippen LogP contribution < -0.4 is 0 Å². The molecule has 0 N–H and O–H groups in total. The summed E-state index contributed by atoms with van der Waals surface area (Å²) in [5.41, 5.74) is 7.40. The number of nitrogens with zero attached hydrogens (tertiary/aromatic N) is 1. The zero-order valence-corrected chi connectivity index (χ0v) is 12.3. The molecule has 22 heavy (non-hydrogen) atoms. The standard InChI is InChI=1S/C20H16FN/c21-14-8-10-15-13(11-14)7-9-17-19(15)16-3-1-2-4-18(16)22-20(17)12-5-6-12/h1-4,8,10-12H,5-7,9H2. The molecule has 0 radical (unpaired) electrons. The second-order valence-electron chi connectivity index (χ2n) is 6.44. The van der Waals surface area contributed by atoms with Gasteiger partial charge < -0.3 is 0 Å². The highest BCUT2D eigenvalue weighted by Gasteiger charge is 2.31. The van der Waals surface area contributed by atoms with Gasteiger partial charge in [-0.2, -0.15) is 0 Å². The van der Waals surface area contributed by atoms with Crippen molar-refractivity contribution in [3.05, 3.63) is 65.1 Å². The SMILES string of the molecule is Fc1ccc2c(c1)CCc1c(C3CC3)nc3ccccc3c1-2. The molecule has 0 spiro atoms. The van der Waals surface area contributed by atoms with Crippen LogP contribution in [0.5, 0.6) is 0 Å². The molecule has 1 heterocycles. The van der Waals surface area contributed by atoms with E-state index in [9.17, 15) is 4.39 Å². The lowest BCUT2D eigenvalue weighted by Crippen LogP contribution is -2.09. The molecule has 2 aliphatic carbocycles. The maximum atomic E-state index is 13.6. The Morgan fingerprint density at radius 1 is 1.00 bits per heavy atom. The highest BCUT2D eigenvalue weighted by molar-refractivity contribution is 5.98. The molecule has 1 aromatic heterocycles. The molecule has 108 valence electrons. The van der Waals surface area contributed by atoms with Crippen molar-refractivity contribution >= 4 is 10.9 Å². The van der Waals surface area contributed by atoms with Gasteiger partial charge in [-0.05, 0) is 66.1 Å². The average molecular weight is 289 g/mol. The summed E-state index contributed by atoms with van der Waals surface area (Å²) in [5.74, 6) is 0.503. The number of para-hydroxylation sites is 1. The Labute approximate surface area is 128 Å². The van der Waals surface area contributed by atoms with Crippen molar-refractivity contribution in [1.82, 2.24) is 4.98 Å². The molecule has 2 aromatic carbocycles. The van der Waals surface area contributed by atoms with Crippen molar-refractivity contribution in [2.75, 3.05) is 0 Å². The maximum absolute atomic E-state index is 13.6. The van der Waals surface area contributed by atoms with Gasteiger partial charge in [-0.3, -0.25) is 4.98 Å². The van der Waals surface area contributed by atoms with E-state index >= 15 is 0 Å². The molecular formula is C20H16FN. The fourth-order valence-corrected chi connectivity index (χ4v) is 3.80. The van der Waals surface area contributed by atoms with Crippen LogP contribution in [0.2, 0.25) is 0 Å². The van der Waals surface area contributed by atoms with Crippen molar-refractivity contribution in [3.8, 4) is 11.1 Å². The van der Waals surface area contributed by atoms with Crippen LogP contribution in [0.15, 0.2) is 42.5 Å². The third kappa shape index (κ3) is 1.73. The summed E-state index contributed by atoms with van der Waals surface area (Å²) in [5, 5.41) is 1.20. The summed E-state index contributed by atoms with van der Waals surface area (Å²) in [6.45, 7) is 0. The number of hydrogen-bond acceptors (Lipinski definition) is 1. The van der Waals surface area contributed by atoms with Gasteiger partial charge >= 0.3 is 0 Å². The molecule has 0 saturated heterocycles. The lowest BCUT2D eigenvalue weighted by molar-refractivity contribution is 0.625. The topological polar surface area (TPSA) is 12.9 Å². The van der Waals surface area contributed by atoms with E-state index in [2.05, 4.69) is 18.2 Å². The predicted molar refractivity (Wildman–Crippen MR) is 86.5 cm³/mol. The molecule has 5 rings (SSSR count). The number of aryl methyl sites for hydroxylation is 1. The van der Waals surface area contributed by atoms with E-state index in [1.807, 2.05) is 12.1 Å². The van der Waals surface area contributed by atoms with E-state index in [-0.39, 0.29) is 5.82 Å². The van der Waals surface area contributed by atoms with Gasteiger partial charge in [0.1, 0.15) is 5.82 Å². The van der Waals surface area contributed by atoms with E-state index in [1.54, 1.807) is 12.1 Å². The van der Waals surface area contributed by atoms with Gasteiger partial charge in [0.05, 0.1) is 5.52 Å². The number of halogens is 1. The van der Waals surface area contributed by atoms with Crippen LogP contribution in [0.25, 0.3) is 22.0 Å². The smallest absolute Gasteiger partial charge is 0.123 e. The van der Waals surface area contributed by atoms with Gasteiger partial charge in [-0.1, -0.05) is 24.3 Å². The summed E-state index contributed by atoms with van der Waals surface area (Å²) in [6.07, 6.45) is 4.41. The number of aromatic nitrogens is 1. The second-order valence-corrected chi connectivity index (χ2v) is 6.44. The average Bonchev–Trinajstić information content (AvgIpc) is 3.38. The molecular weight excluding hydrogens is 273 g/mol. The first-order valence-corrected chi connectivity index (χ1v) is 8.01. The van der Waals surface area contributed by atoms with Crippen molar-refractivity contribution in [2.24, 2.45) is 0 Å². The first kappa shape index (κ1) is 12.3. The summed E-state index contributed by atoms with van der Waals surface area (Å²) >= 11 is 0. The zero-order valence-electron chi connectivity index (χ0n) is 12.3. The minimum absolute atomic E-state index is 0.136. The predicted octanol–water partition coefficient (Wildman–Crippen LogP) is 5.02. The quantitative estimate of drug-likeness (QED) is 0.613. The Hall–Kier alpha value is -2.22. The third-order valence-corrected chi connectivity index (χ3v) is 4.97. The summed E-state index contributed by atoms with van der Waals surface area (Å²) in [4.78, 5) is 4.97. The number of hydrogen-bond donors (Lipinski definition) is 0. The van der Waals surface area contributed by atoms with Crippen LogP contribution in [0.1, 0.15) is 35.6 Å². The Morgan fingerprint density at radius 2 is 1.86 bits per heavy atom. The highest BCUT2D eigenvalue weighted by Crippen LogP contribution is 2.47. The molecule has 1 saturated carbocycles. The number of benzene rings is 2. The largest absolute Gasteiger partial charge is 0.252 e. The van der Waals surface area contributed by atoms with E-state index < -0.39 is 0 Å². The lowest BCUT2D eigenvalue weighted by Gasteiger charge is -2.24. The minimum Gasteiger partial charge on any atom is -0.252 e. The van der Waals surface area contributed by atoms with Crippen molar-refractivity contribution in [2.45, 2.75) is 31.6 Å². The van der Waals surface area contributed by atoms with Crippen LogP contribution in [0, 0.1) is 5.82 Å². The molecule has 0 bridgehead atoms. The number of rotatable bonds is 1. The van der Waals surface area contributed by atoms with Gasteiger partial charge in [-0.25, -0.2) is 4.39 Å². The fraction of sp³-hybridized carbons (Fsp3) is 0.250. The first-order chi connectivity index (χ1) is 10.8. The van der Waals surface area contributed by atoms with Crippen LogP contribution in [0.3, 0.4) is 0 Å². The van der Waals surface area contributed by atoms with E-state index in [0.29, 0.717) is 5.92 Å². The lowest BCUT2D eigenvalue weighted by atomic mass is 9.82. The van der Waals surface area contributed by atoms with Crippen molar-refractivity contribution < 1.29 is 4.39 Å². The first-order valence-electron chi connectivity index (χ1n) is 8.01. The van der Waals surface area contributed by atoms with Crippen LogP contribution in [-0.4, -0.2) is 4.98 Å². The fourth-order valence-electron chi connectivity index (χ4n) is 3.80. The summed E-state index contributed by atoms with van der Waals surface area (Å²) in [7, 11) is 0. The van der Waals surface area contributed by atoms with Crippen molar-refractivity contribution in [3.63, 3.8) is 0 Å². The Kier molecular flexibility index (Phi) is 2.46. The molecule has 0 atom stereocenters. The van der Waals surface area contributed by atoms with Gasteiger partial charge in [0.25, 0.3) is 0 Å². The monoisotopic (exact) mass is 289 g/mol.